The number of hydrogen-bond acceptors (Lipinski definition) is 3. The van der Waals surface area contributed by atoms with E-state index in [1.807, 2.05) is 18.2 Å². The van der Waals surface area contributed by atoms with Gasteiger partial charge in [-0.15, -0.1) is 0 Å². The zero-order valence-corrected chi connectivity index (χ0v) is 17.3. The molecule has 0 aromatic heterocycles. The van der Waals surface area contributed by atoms with Crippen LogP contribution in [0.3, 0.4) is 0 Å². The number of benzene rings is 1. The van der Waals surface area contributed by atoms with Crippen molar-refractivity contribution in [3.63, 3.8) is 0 Å². The Kier molecular flexibility index (Phi) is 6.45. The zero-order chi connectivity index (χ0) is 18.7. The third kappa shape index (κ3) is 4.14. The minimum Gasteiger partial charge on any atom is -0.233 e. The van der Waals surface area contributed by atoms with Gasteiger partial charge in [-0.1, -0.05) is 46.2 Å². The summed E-state index contributed by atoms with van der Waals surface area (Å²) in [5.74, 6) is 1.73. The van der Waals surface area contributed by atoms with Crippen LogP contribution >= 0.6 is 11.6 Å². The molecule has 1 aromatic carbocycles. The Hall–Kier alpha value is -1.61. The normalized spacial score (nSPS) is 18.2. The standard InChI is InChI=1S/C21H30ClN3/c1-8-14(5)20-18-12-17(22)10-11-19(18)23-21(15(6)9-2)25(20)24-16(7)13(3)4/h10-13,15H,8-9H2,1-7H3/b20-14?,24-16+. The average molecular weight is 360 g/mol. The van der Waals surface area contributed by atoms with Crippen LogP contribution in [0.5, 0.6) is 0 Å². The second-order valence-corrected chi connectivity index (χ2v) is 7.57. The second kappa shape index (κ2) is 8.18. The van der Waals surface area contributed by atoms with E-state index >= 15 is 0 Å². The molecule has 1 aliphatic heterocycles. The highest BCUT2D eigenvalue weighted by molar-refractivity contribution is 6.31. The van der Waals surface area contributed by atoms with Crippen molar-refractivity contribution in [3.05, 3.63) is 34.4 Å². The van der Waals surface area contributed by atoms with E-state index in [-0.39, 0.29) is 0 Å². The van der Waals surface area contributed by atoms with Gasteiger partial charge in [0.05, 0.1) is 11.4 Å². The maximum Gasteiger partial charge on any atom is 0.134 e. The fourth-order valence-corrected chi connectivity index (χ4v) is 2.82. The smallest absolute Gasteiger partial charge is 0.134 e. The van der Waals surface area contributed by atoms with Crippen molar-refractivity contribution in [3.8, 4) is 0 Å². The van der Waals surface area contributed by atoms with Crippen molar-refractivity contribution < 1.29 is 0 Å². The maximum atomic E-state index is 6.29. The van der Waals surface area contributed by atoms with Crippen molar-refractivity contribution >= 4 is 34.5 Å². The van der Waals surface area contributed by atoms with E-state index in [0.29, 0.717) is 11.8 Å². The van der Waals surface area contributed by atoms with Gasteiger partial charge in [-0.25, -0.2) is 10.0 Å². The van der Waals surface area contributed by atoms with Crippen LogP contribution in [0.4, 0.5) is 5.69 Å². The second-order valence-electron chi connectivity index (χ2n) is 7.13. The zero-order valence-electron chi connectivity index (χ0n) is 16.5. The predicted molar refractivity (Wildman–Crippen MR) is 111 cm³/mol. The minimum atomic E-state index is 0.326. The monoisotopic (exact) mass is 359 g/mol. The topological polar surface area (TPSA) is 28.0 Å². The Morgan fingerprint density at radius 2 is 1.88 bits per heavy atom. The lowest BCUT2D eigenvalue weighted by Crippen LogP contribution is -2.34. The van der Waals surface area contributed by atoms with E-state index in [4.69, 9.17) is 21.7 Å². The fraction of sp³-hybridized carbons (Fsp3) is 0.524. The fourth-order valence-electron chi connectivity index (χ4n) is 2.65. The molecule has 0 saturated heterocycles. The third-order valence-corrected chi connectivity index (χ3v) is 5.19. The number of aliphatic imine (C=N–C) groups is 1. The van der Waals surface area contributed by atoms with Gasteiger partial charge in [0.25, 0.3) is 0 Å². The molecule has 0 spiro atoms. The summed E-state index contributed by atoms with van der Waals surface area (Å²) in [6.45, 7) is 15.2. The van der Waals surface area contributed by atoms with Crippen LogP contribution in [-0.2, 0) is 0 Å². The summed E-state index contributed by atoms with van der Waals surface area (Å²) in [4.78, 5) is 4.96. The molecule has 1 heterocycles. The van der Waals surface area contributed by atoms with Crippen molar-refractivity contribution in [2.45, 2.75) is 61.3 Å². The van der Waals surface area contributed by atoms with Crippen molar-refractivity contribution in [2.24, 2.45) is 21.9 Å². The van der Waals surface area contributed by atoms with E-state index in [1.54, 1.807) is 0 Å². The highest BCUT2D eigenvalue weighted by Crippen LogP contribution is 2.40. The summed E-state index contributed by atoms with van der Waals surface area (Å²) >= 11 is 6.29. The van der Waals surface area contributed by atoms with E-state index in [9.17, 15) is 0 Å². The van der Waals surface area contributed by atoms with Gasteiger partial charge in [-0.05, 0) is 56.4 Å². The number of amidine groups is 1. The Morgan fingerprint density at radius 1 is 1.20 bits per heavy atom. The molecule has 4 heteroatoms. The van der Waals surface area contributed by atoms with Crippen LogP contribution in [0.2, 0.25) is 5.02 Å². The van der Waals surface area contributed by atoms with Gasteiger partial charge in [0.1, 0.15) is 5.84 Å². The minimum absolute atomic E-state index is 0.326. The molecule has 1 aliphatic rings. The van der Waals surface area contributed by atoms with Crippen LogP contribution in [-0.4, -0.2) is 16.6 Å². The molecular formula is C21H30ClN3. The van der Waals surface area contributed by atoms with E-state index in [1.165, 1.54) is 5.57 Å². The summed E-state index contributed by atoms with van der Waals surface area (Å²) in [5, 5.41) is 7.78. The van der Waals surface area contributed by atoms with Crippen LogP contribution in [0.1, 0.15) is 66.9 Å². The number of allylic oxidation sites excluding steroid dienone is 1. The van der Waals surface area contributed by atoms with E-state index < -0.39 is 0 Å². The first-order chi connectivity index (χ1) is 11.8. The van der Waals surface area contributed by atoms with Gasteiger partial charge >= 0.3 is 0 Å². The summed E-state index contributed by atoms with van der Waals surface area (Å²) < 4.78 is 0. The van der Waals surface area contributed by atoms with Crippen molar-refractivity contribution in [2.75, 3.05) is 0 Å². The third-order valence-electron chi connectivity index (χ3n) is 4.96. The van der Waals surface area contributed by atoms with E-state index in [0.717, 1.165) is 46.4 Å². The Morgan fingerprint density at radius 3 is 2.44 bits per heavy atom. The lowest BCUT2D eigenvalue weighted by Gasteiger charge is -2.34. The lowest BCUT2D eigenvalue weighted by atomic mass is 9.98. The quantitative estimate of drug-likeness (QED) is 0.525. The molecule has 3 nitrogen and oxygen atoms in total. The van der Waals surface area contributed by atoms with Gasteiger partial charge in [0.2, 0.25) is 0 Å². The molecule has 0 N–H and O–H groups in total. The number of hydrazone groups is 1. The molecule has 0 aliphatic carbocycles. The first kappa shape index (κ1) is 19.7. The average Bonchev–Trinajstić information content (AvgIpc) is 2.59. The first-order valence-corrected chi connectivity index (χ1v) is 9.61. The van der Waals surface area contributed by atoms with Gasteiger partial charge < -0.3 is 0 Å². The molecule has 1 unspecified atom stereocenters. The number of rotatable bonds is 5. The number of halogens is 1. The molecule has 1 atom stereocenters. The highest BCUT2D eigenvalue weighted by atomic mass is 35.5. The molecule has 0 fully saturated rings. The van der Waals surface area contributed by atoms with Gasteiger partial charge in [-0.2, -0.15) is 5.10 Å². The summed E-state index contributed by atoms with van der Waals surface area (Å²) in [7, 11) is 0. The van der Waals surface area contributed by atoms with Crippen LogP contribution < -0.4 is 0 Å². The molecule has 25 heavy (non-hydrogen) atoms. The Bertz CT molecular complexity index is 729. The molecular weight excluding hydrogens is 330 g/mol. The maximum absolute atomic E-state index is 6.29. The number of fused-ring (bicyclic) bond motifs is 1. The van der Waals surface area contributed by atoms with Gasteiger partial charge in [0, 0.05) is 22.2 Å². The highest BCUT2D eigenvalue weighted by Gasteiger charge is 2.29. The lowest BCUT2D eigenvalue weighted by molar-refractivity contribution is 0.545. The molecule has 0 bridgehead atoms. The van der Waals surface area contributed by atoms with Crippen LogP contribution in [0.25, 0.3) is 5.70 Å². The molecule has 0 amide bonds. The van der Waals surface area contributed by atoms with Crippen LogP contribution in [0.15, 0.2) is 33.9 Å². The molecule has 2 rings (SSSR count). The summed E-state index contributed by atoms with van der Waals surface area (Å²) in [6, 6.07) is 5.93. The Balaban J connectivity index is 2.77. The summed E-state index contributed by atoms with van der Waals surface area (Å²) in [6.07, 6.45) is 1.98. The predicted octanol–water partition coefficient (Wildman–Crippen LogP) is 6.90. The molecule has 1 aromatic rings. The SMILES string of the molecule is CCC(C)=C1c2cc(Cl)ccc2N=C(C(C)CC)N1/N=C(\C)C(C)C. The van der Waals surface area contributed by atoms with E-state index in [2.05, 4.69) is 53.5 Å². The Labute approximate surface area is 157 Å². The number of hydrogen-bond donors (Lipinski definition) is 0. The first-order valence-electron chi connectivity index (χ1n) is 9.23. The van der Waals surface area contributed by atoms with Crippen molar-refractivity contribution in [1.82, 2.24) is 5.01 Å². The van der Waals surface area contributed by atoms with Gasteiger partial charge in [0.15, 0.2) is 0 Å². The largest absolute Gasteiger partial charge is 0.233 e. The van der Waals surface area contributed by atoms with Gasteiger partial charge in [-0.3, -0.25) is 0 Å². The van der Waals surface area contributed by atoms with Crippen LogP contribution in [0, 0.1) is 11.8 Å². The molecule has 0 radical (unpaired) electrons. The number of nitrogens with zero attached hydrogens (tertiary/aromatic N) is 3. The summed E-state index contributed by atoms with van der Waals surface area (Å²) in [5.41, 5.74) is 5.57. The van der Waals surface area contributed by atoms with Crippen molar-refractivity contribution in [1.29, 1.82) is 0 Å². The molecule has 0 saturated carbocycles. The molecule has 136 valence electrons.